The largest absolute Gasteiger partial charge is 0.483 e. The van der Waals surface area contributed by atoms with Crippen molar-refractivity contribution < 1.29 is 14.5 Å². The molecule has 4 aliphatic rings. The first-order chi connectivity index (χ1) is 11.4. The molecule has 1 aromatic carbocycles. The molecule has 0 aromatic heterocycles. The molecule has 1 atom stereocenters. The Morgan fingerprint density at radius 2 is 1.62 bits per heavy atom. The van der Waals surface area contributed by atoms with E-state index in [0.29, 0.717) is 5.75 Å². The van der Waals surface area contributed by atoms with Crippen LogP contribution in [0.4, 0.5) is 5.69 Å². The lowest BCUT2D eigenvalue weighted by Crippen LogP contribution is -2.53. The summed E-state index contributed by atoms with van der Waals surface area (Å²) in [5.41, 5.74) is -0.142. The van der Waals surface area contributed by atoms with Crippen LogP contribution in [0.2, 0.25) is 0 Å². The predicted molar refractivity (Wildman–Crippen MR) is 88.8 cm³/mol. The summed E-state index contributed by atoms with van der Waals surface area (Å²) in [6, 6.07) is 5.97. The SMILES string of the molecule is C[C@@H](Oc1ccc([N+](=O)[O-])cc1)C(=O)C12CC3CC(CC(C3)C1)C2. The highest BCUT2D eigenvalue weighted by Crippen LogP contribution is 2.60. The van der Waals surface area contributed by atoms with E-state index in [4.69, 9.17) is 4.74 Å². The van der Waals surface area contributed by atoms with Crippen molar-refractivity contribution in [1.82, 2.24) is 0 Å². The zero-order valence-electron chi connectivity index (χ0n) is 13.9. The Kier molecular flexibility index (Phi) is 3.62. The van der Waals surface area contributed by atoms with Gasteiger partial charge in [-0.05, 0) is 75.3 Å². The first kappa shape index (κ1) is 15.6. The predicted octanol–water partition coefficient (Wildman–Crippen LogP) is 4.15. The van der Waals surface area contributed by atoms with Gasteiger partial charge in [0, 0.05) is 17.5 Å². The Hall–Kier alpha value is -1.91. The molecule has 0 saturated heterocycles. The van der Waals surface area contributed by atoms with Crippen molar-refractivity contribution in [3.05, 3.63) is 34.4 Å². The minimum absolute atomic E-state index is 0.0300. The standard InChI is InChI=1S/C19H23NO4/c1-12(24-17-4-2-16(3-5-17)20(22)23)18(21)19-9-13-6-14(10-19)8-15(7-13)11-19/h2-5,12-15H,6-11H2,1H3/t12-,13?,14?,15?,19?/m1/s1. The van der Waals surface area contributed by atoms with Crippen molar-refractivity contribution in [3.8, 4) is 5.75 Å². The number of ether oxygens (including phenoxy) is 1. The second kappa shape index (κ2) is 5.57. The number of carbonyl (C=O) groups is 1. The summed E-state index contributed by atoms with van der Waals surface area (Å²) in [7, 11) is 0. The number of nitro groups is 1. The average molecular weight is 329 g/mol. The van der Waals surface area contributed by atoms with Gasteiger partial charge in [-0.1, -0.05) is 0 Å². The van der Waals surface area contributed by atoms with Gasteiger partial charge >= 0.3 is 0 Å². The van der Waals surface area contributed by atoms with Crippen LogP contribution in [0.3, 0.4) is 0 Å². The van der Waals surface area contributed by atoms with Gasteiger partial charge in [-0.25, -0.2) is 0 Å². The number of non-ortho nitro benzene ring substituents is 1. The van der Waals surface area contributed by atoms with Crippen LogP contribution in [-0.4, -0.2) is 16.8 Å². The number of benzene rings is 1. The summed E-state index contributed by atoms with van der Waals surface area (Å²) >= 11 is 0. The number of Topliss-reactive ketones (excluding diaryl/α,β-unsaturated/α-hetero) is 1. The third-order valence-corrected chi connectivity index (χ3v) is 6.29. The lowest BCUT2D eigenvalue weighted by atomic mass is 9.48. The van der Waals surface area contributed by atoms with Crippen molar-refractivity contribution in [1.29, 1.82) is 0 Å². The maximum atomic E-state index is 13.1. The molecular weight excluding hydrogens is 306 g/mol. The molecule has 4 bridgehead atoms. The lowest BCUT2D eigenvalue weighted by Gasteiger charge is -2.56. The third kappa shape index (κ3) is 2.60. The summed E-state index contributed by atoms with van der Waals surface area (Å²) in [4.78, 5) is 23.4. The molecule has 5 nitrogen and oxygen atoms in total. The van der Waals surface area contributed by atoms with Crippen molar-refractivity contribution >= 4 is 11.5 Å². The van der Waals surface area contributed by atoms with Gasteiger partial charge in [0.25, 0.3) is 5.69 Å². The quantitative estimate of drug-likeness (QED) is 0.601. The Balaban J connectivity index is 1.47. The molecule has 0 radical (unpaired) electrons. The van der Waals surface area contributed by atoms with E-state index in [2.05, 4.69) is 0 Å². The molecule has 5 rings (SSSR count). The van der Waals surface area contributed by atoms with E-state index < -0.39 is 11.0 Å². The number of rotatable bonds is 5. The summed E-state index contributed by atoms with van der Waals surface area (Å²) in [6.45, 7) is 1.82. The summed E-state index contributed by atoms with van der Waals surface area (Å²) in [5.74, 6) is 2.94. The molecule has 4 aliphatic carbocycles. The molecular formula is C19H23NO4. The zero-order chi connectivity index (χ0) is 16.9. The topological polar surface area (TPSA) is 69.4 Å². The smallest absolute Gasteiger partial charge is 0.269 e. The van der Waals surface area contributed by atoms with Crippen molar-refractivity contribution in [2.24, 2.45) is 23.2 Å². The first-order valence-corrected chi connectivity index (χ1v) is 8.90. The summed E-state index contributed by atoms with van der Waals surface area (Å²) < 4.78 is 5.83. The van der Waals surface area contributed by atoms with Gasteiger partial charge in [0.2, 0.25) is 0 Å². The highest BCUT2D eigenvalue weighted by atomic mass is 16.6. The minimum Gasteiger partial charge on any atom is -0.483 e. The molecule has 0 amide bonds. The fourth-order valence-electron chi connectivity index (χ4n) is 5.75. The Bertz CT molecular complexity index is 631. The second-order valence-electron chi connectivity index (χ2n) is 8.07. The maximum absolute atomic E-state index is 13.1. The molecule has 0 unspecified atom stereocenters. The highest BCUT2D eigenvalue weighted by Gasteiger charge is 2.55. The van der Waals surface area contributed by atoms with Crippen LogP contribution < -0.4 is 4.74 Å². The monoisotopic (exact) mass is 329 g/mol. The molecule has 5 heteroatoms. The first-order valence-electron chi connectivity index (χ1n) is 8.90. The second-order valence-corrected chi connectivity index (χ2v) is 8.07. The molecule has 128 valence electrons. The van der Waals surface area contributed by atoms with E-state index >= 15 is 0 Å². The van der Waals surface area contributed by atoms with Gasteiger partial charge in [-0.15, -0.1) is 0 Å². The molecule has 0 heterocycles. The van der Waals surface area contributed by atoms with Gasteiger partial charge in [0.15, 0.2) is 11.9 Å². The van der Waals surface area contributed by atoms with Crippen LogP contribution >= 0.6 is 0 Å². The van der Waals surface area contributed by atoms with Crippen LogP contribution in [0.5, 0.6) is 5.75 Å². The van der Waals surface area contributed by atoms with Crippen LogP contribution in [0.1, 0.15) is 45.4 Å². The van der Waals surface area contributed by atoms with E-state index in [1.54, 1.807) is 12.1 Å². The lowest BCUT2D eigenvalue weighted by molar-refractivity contribution is -0.384. The van der Waals surface area contributed by atoms with E-state index in [0.717, 1.165) is 37.0 Å². The fraction of sp³-hybridized carbons (Fsp3) is 0.632. The van der Waals surface area contributed by atoms with Crippen molar-refractivity contribution in [3.63, 3.8) is 0 Å². The Morgan fingerprint density at radius 3 is 2.08 bits per heavy atom. The molecule has 4 saturated carbocycles. The molecule has 0 aliphatic heterocycles. The molecule has 4 fully saturated rings. The van der Waals surface area contributed by atoms with Gasteiger partial charge in [-0.2, -0.15) is 0 Å². The van der Waals surface area contributed by atoms with Gasteiger partial charge in [0.05, 0.1) is 4.92 Å². The van der Waals surface area contributed by atoms with Crippen molar-refractivity contribution in [2.45, 2.75) is 51.6 Å². The minimum atomic E-state index is -0.497. The number of hydrogen-bond acceptors (Lipinski definition) is 4. The summed E-state index contributed by atoms with van der Waals surface area (Å²) in [6.07, 6.45) is 6.53. The zero-order valence-corrected chi connectivity index (χ0v) is 13.9. The highest BCUT2D eigenvalue weighted by molar-refractivity contribution is 5.89. The van der Waals surface area contributed by atoms with Crippen LogP contribution in [0.15, 0.2) is 24.3 Å². The van der Waals surface area contributed by atoms with Gasteiger partial charge in [-0.3, -0.25) is 14.9 Å². The maximum Gasteiger partial charge on any atom is 0.269 e. The molecule has 24 heavy (non-hydrogen) atoms. The normalized spacial score (nSPS) is 34.8. The Labute approximate surface area is 141 Å². The van der Waals surface area contributed by atoms with E-state index in [-0.39, 0.29) is 16.9 Å². The van der Waals surface area contributed by atoms with Crippen molar-refractivity contribution in [2.75, 3.05) is 0 Å². The van der Waals surface area contributed by atoms with E-state index in [1.807, 2.05) is 6.92 Å². The van der Waals surface area contributed by atoms with Crippen LogP contribution in [0.25, 0.3) is 0 Å². The number of nitrogens with zero attached hydrogens (tertiary/aromatic N) is 1. The van der Waals surface area contributed by atoms with E-state index in [1.165, 1.54) is 31.4 Å². The molecule has 1 aromatic rings. The van der Waals surface area contributed by atoms with Crippen LogP contribution in [-0.2, 0) is 4.79 Å². The van der Waals surface area contributed by atoms with Crippen LogP contribution in [0, 0.1) is 33.3 Å². The third-order valence-electron chi connectivity index (χ3n) is 6.29. The Morgan fingerprint density at radius 1 is 1.12 bits per heavy atom. The number of hydrogen-bond donors (Lipinski definition) is 0. The number of ketones is 1. The molecule has 0 spiro atoms. The number of nitro benzene ring substituents is 1. The van der Waals surface area contributed by atoms with Gasteiger partial charge in [0.1, 0.15) is 5.75 Å². The van der Waals surface area contributed by atoms with E-state index in [9.17, 15) is 14.9 Å². The van der Waals surface area contributed by atoms with Gasteiger partial charge < -0.3 is 4.74 Å². The fourth-order valence-corrected chi connectivity index (χ4v) is 5.75. The average Bonchev–Trinajstić information content (AvgIpc) is 2.53. The molecule has 0 N–H and O–H groups in total. The summed E-state index contributed by atoms with van der Waals surface area (Å²) in [5, 5.41) is 10.7. The number of carbonyl (C=O) groups excluding carboxylic acids is 1.